The predicted molar refractivity (Wildman–Crippen MR) is 86.3 cm³/mol. The Kier molecular flexibility index (Phi) is 5.53. The minimum Gasteiger partial charge on any atom is -0.383 e. The number of sulfone groups is 1. The first-order valence-corrected chi connectivity index (χ1v) is 9.20. The minimum absolute atomic E-state index is 0.0122. The summed E-state index contributed by atoms with van der Waals surface area (Å²) in [5.41, 5.74) is 0.254. The molecule has 1 aromatic heterocycles. The summed E-state index contributed by atoms with van der Waals surface area (Å²) >= 11 is 0. The summed E-state index contributed by atoms with van der Waals surface area (Å²) in [7, 11) is 0.178. The first kappa shape index (κ1) is 17.6. The number of nitrogens with one attached hydrogen (secondary N) is 1. The van der Waals surface area contributed by atoms with Crippen molar-refractivity contribution in [2.24, 2.45) is 0 Å². The molecular weight excluding hydrogens is 320 g/mol. The third-order valence-electron chi connectivity index (χ3n) is 3.75. The lowest BCUT2D eigenvalue weighted by atomic mass is 10.2. The van der Waals surface area contributed by atoms with Gasteiger partial charge in [0, 0.05) is 32.8 Å². The highest BCUT2D eigenvalue weighted by Crippen LogP contribution is 2.18. The van der Waals surface area contributed by atoms with Crippen molar-refractivity contribution in [3.63, 3.8) is 0 Å². The zero-order valence-electron chi connectivity index (χ0n) is 13.6. The lowest BCUT2D eigenvalue weighted by Gasteiger charge is -2.23. The summed E-state index contributed by atoms with van der Waals surface area (Å²) in [5, 5.41) is 3.06. The minimum atomic E-state index is -3.04. The van der Waals surface area contributed by atoms with Crippen molar-refractivity contribution in [3.05, 3.63) is 17.6 Å². The lowest BCUT2D eigenvalue weighted by Crippen LogP contribution is -2.38. The van der Waals surface area contributed by atoms with Crippen LogP contribution in [-0.4, -0.2) is 74.0 Å². The van der Waals surface area contributed by atoms with Crippen LogP contribution in [0.1, 0.15) is 22.7 Å². The highest BCUT2D eigenvalue weighted by Gasteiger charge is 2.33. The molecular formula is C14H22N4O4S. The summed E-state index contributed by atoms with van der Waals surface area (Å²) in [4.78, 5) is 22.4. The highest BCUT2D eigenvalue weighted by molar-refractivity contribution is 7.91. The van der Waals surface area contributed by atoms with Crippen molar-refractivity contribution >= 4 is 21.6 Å². The maximum atomic E-state index is 12.6. The number of aromatic nitrogens is 2. The Morgan fingerprint density at radius 2 is 2.22 bits per heavy atom. The molecule has 9 heteroatoms. The van der Waals surface area contributed by atoms with Crippen LogP contribution in [-0.2, 0) is 14.6 Å². The zero-order chi connectivity index (χ0) is 17.0. The average molecular weight is 342 g/mol. The van der Waals surface area contributed by atoms with Gasteiger partial charge in [-0.25, -0.2) is 18.4 Å². The zero-order valence-corrected chi connectivity index (χ0v) is 14.4. The van der Waals surface area contributed by atoms with Gasteiger partial charge in [-0.1, -0.05) is 0 Å². The van der Waals surface area contributed by atoms with Crippen LogP contribution in [0.2, 0.25) is 0 Å². The molecule has 128 valence electrons. The highest BCUT2D eigenvalue weighted by atomic mass is 32.2. The van der Waals surface area contributed by atoms with E-state index in [9.17, 15) is 13.2 Å². The molecule has 1 atom stereocenters. The largest absolute Gasteiger partial charge is 0.383 e. The molecule has 0 bridgehead atoms. The Morgan fingerprint density at radius 3 is 2.83 bits per heavy atom. The second-order valence-electron chi connectivity index (χ2n) is 5.58. The van der Waals surface area contributed by atoms with Crippen molar-refractivity contribution in [1.82, 2.24) is 14.9 Å². The Bertz CT molecular complexity index is 677. The van der Waals surface area contributed by atoms with E-state index in [2.05, 4.69) is 15.3 Å². The predicted octanol–water partition coefficient (Wildman–Crippen LogP) is 0.102. The number of carbonyl (C=O) groups excluding carboxylic acids is 1. The number of hydrogen-bond acceptors (Lipinski definition) is 7. The summed E-state index contributed by atoms with van der Waals surface area (Å²) < 4.78 is 28.1. The molecule has 0 aromatic carbocycles. The Balaban J connectivity index is 2.12. The van der Waals surface area contributed by atoms with Crippen LogP contribution in [0, 0.1) is 6.92 Å². The normalized spacial score (nSPS) is 19.5. The number of hydrogen-bond donors (Lipinski definition) is 1. The van der Waals surface area contributed by atoms with Gasteiger partial charge in [0.2, 0.25) is 0 Å². The average Bonchev–Trinajstić information content (AvgIpc) is 2.85. The number of methoxy groups -OCH3 is 1. The number of amides is 1. The van der Waals surface area contributed by atoms with Gasteiger partial charge in [0.05, 0.1) is 18.1 Å². The second kappa shape index (κ2) is 7.22. The van der Waals surface area contributed by atoms with Crippen LogP contribution >= 0.6 is 0 Å². The van der Waals surface area contributed by atoms with Crippen LogP contribution in [0.4, 0.5) is 5.82 Å². The molecule has 1 aliphatic heterocycles. The lowest BCUT2D eigenvalue weighted by molar-refractivity contribution is 0.0741. The number of nitrogens with zero attached hydrogens (tertiary/aromatic N) is 3. The van der Waals surface area contributed by atoms with Gasteiger partial charge in [-0.15, -0.1) is 0 Å². The van der Waals surface area contributed by atoms with Gasteiger partial charge in [-0.3, -0.25) is 4.79 Å². The summed E-state index contributed by atoms with van der Waals surface area (Å²) in [6.07, 6.45) is 0.466. The van der Waals surface area contributed by atoms with Gasteiger partial charge >= 0.3 is 0 Å². The molecule has 1 unspecified atom stereocenters. The molecule has 2 heterocycles. The van der Waals surface area contributed by atoms with Crippen molar-refractivity contribution in [2.45, 2.75) is 19.4 Å². The van der Waals surface area contributed by atoms with E-state index < -0.39 is 9.84 Å². The maximum Gasteiger partial charge on any atom is 0.272 e. The molecule has 0 saturated carbocycles. The van der Waals surface area contributed by atoms with Crippen molar-refractivity contribution in [2.75, 3.05) is 44.1 Å². The number of rotatable bonds is 6. The molecule has 1 fully saturated rings. The van der Waals surface area contributed by atoms with E-state index in [0.717, 1.165) is 0 Å². The molecule has 2 rings (SSSR count). The molecule has 0 aliphatic carbocycles. The van der Waals surface area contributed by atoms with Crippen LogP contribution in [0.3, 0.4) is 0 Å². The van der Waals surface area contributed by atoms with Gasteiger partial charge in [0.1, 0.15) is 17.3 Å². The molecule has 8 nitrogen and oxygen atoms in total. The first-order chi connectivity index (χ1) is 10.8. The van der Waals surface area contributed by atoms with E-state index in [-0.39, 0.29) is 29.1 Å². The molecule has 1 amide bonds. The first-order valence-electron chi connectivity index (χ1n) is 7.38. The number of carbonyl (C=O) groups is 1. The maximum absolute atomic E-state index is 12.6. The van der Waals surface area contributed by atoms with Crippen LogP contribution < -0.4 is 5.32 Å². The molecule has 23 heavy (non-hydrogen) atoms. The SMILES string of the molecule is COCCNc1cc(C(=O)N(C)C2CCS(=O)(=O)C2)nc(C)n1. The van der Waals surface area contributed by atoms with Crippen LogP contribution in [0.5, 0.6) is 0 Å². The summed E-state index contributed by atoms with van der Waals surface area (Å²) in [6, 6.07) is 1.28. The van der Waals surface area contributed by atoms with E-state index in [1.807, 2.05) is 0 Å². The quantitative estimate of drug-likeness (QED) is 0.732. The Hall–Kier alpha value is -1.74. The Labute approximate surface area is 136 Å². The molecule has 0 radical (unpaired) electrons. The van der Waals surface area contributed by atoms with E-state index in [4.69, 9.17) is 4.74 Å². The van der Waals surface area contributed by atoms with Crippen LogP contribution in [0.15, 0.2) is 6.07 Å². The van der Waals surface area contributed by atoms with E-state index in [1.54, 1.807) is 27.1 Å². The van der Waals surface area contributed by atoms with Crippen molar-refractivity contribution in [1.29, 1.82) is 0 Å². The molecule has 1 N–H and O–H groups in total. The topological polar surface area (TPSA) is 101 Å². The molecule has 0 spiro atoms. The fourth-order valence-corrected chi connectivity index (χ4v) is 4.25. The van der Waals surface area contributed by atoms with Crippen molar-refractivity contribution in [3.8, 4) is 0 Å². The third kappa shape index (κ3) is 4.61. The summed E-state index contributed by atoms with van der Waals surface area (Å²) in [6.45, 7) is 2.79. The van der Waals surface area contributed by atoms with E-state index >= 15 is 0 Å². The van der Waals surface area contributed by atoms with Gasteiger partial charge in [0.25, 0.3) is 5.91 Å². The third-order valence-corrected chi connectivity index (χ3v) is 5.50. The number of anilines is 1. The molecule has 1 saturated heterocycles. The standard InChI is InChI=1S/C14H22N4O4S/c1-10-16-12(8-13(17-10)15-5-6-22-3)14(19)18(2)11-4-7-23(20,21)9-11/h8,11H,4-7,9H2,1-3H3,(H,15,16,17). The fraction of sp³-hybridized carbons (Fsp3) is 0.643. The fourth-order valence-electron chi connectivity index (χ4n) is 2.48. The number of aryl methyl sites for hydroxylation is 1. The Morgan fingerprint density at radius 1 is 1.48 bits per heavy atom. The smallest absolute Gasteiger partial charge is 0.272 e. The van der Waals surface area contributed by atoms with Gasteiger partial charge in [-0.05, 0) is 13.3 Å². The van der Waals surface area contributed by atoms with Gasteiger partial charge in [-0.2, -0.15) is 0 Å². The van der Waals surface area contributed by atoms with Crippen LogP contribution in [0.25, 0.3) is 0 Å². The van der Waals surface area contributed by atoms with Crippen molar-refractivity contribution < 1.29 is 17.9 Å². The van der Waals surface area contributed by atoms with E-state index in [1.165, 1.54) is 4.90 Å². The second-order valence-corrected chi connectivity index (χ2v) is 7.81. The van der Waals surface area contributed by atoms with E-state index in [0.29, 0.717) is 31.2 Å². The number of ether oxygens (including phenoxy) is 1. The van der Waals surface area contributed by atoms with Gasteiger partial charge in [0.15, 0.2) is 9.84 Å². The molecule has 1 aromatic rings. The summed E-state index contributed by atoms with van der Waals surface area (Å²) in [5.74, 6) is 0.862. The molecule has 1 aliphatic rings. The van der Waals surface area contributed by atoms with Gasteiger partial charge < -0.3 is 15.0 Å². The monoisotopic (exact) mass is 342 g/mol.